The number of carbonyl (C=O) groups excluding carboxylic acids is 1. The molecule has 0 radical (unpaired) electrons. The number of nitrogens with one attached hydrogen (secondary N) is 1. The predicted molar refractivity (Wildman–Crippen MR) is 89.8 cm³/mol. The second-order valence-corrected chi connectivity index (χ2v) is 6.05. The molecule has 2 aromatic rings. The van der Waals surface area contributed by atoms with Gasteiger partial charge in [-0.15, -0.1) is 0 Å². The molecule has 0 bridgehead atoms. The van der Waals surface area contributed by atoms with Crippen LogP contribution in [0.5, 0.6) is 0 Å². The Morgan fingerprint density at radius 3 is 2.78 bits per heavy atom. The van der Waals surface area contributed by atoms with Crippen LogP contribution in [0, 0.1) is 12.7 Å². The van der Waals surface area contributed by atoms with E-state index in [0.29, 0.717) is 17.8 Å². The van der Waals surface area contributed by atoms with Gasteiger partial charge in [-0.3, -0.25) is 9.69 Å². The van der Waals surface area contributed by atoms with Crippen LogP contribution in [0.25, 0.3) is 0 Å². The Morgan fingerprint density at radius 1 is 1.26 bits per heavy atom. The third-order valence-corrected chi connectivity index (χ3v) is 4.35. The molecular formula is C19H21FN2O. The van der Waals surface area contributed by atoms with E-state index in [1.807, 2.05) is 18.2 Å². The van der Waals surface area contributed by atoms with Crippen LogP contribution >= 0.6 is 0 Å². The molecule has 1 heterocycles. The molecule has 1 aliphatic rings. The quantitative estimate of drug-likeness (QED) is 0.928. The maximum absolute atomic E-state index is 13.6. The molecule has 1 N–H and O–H groups in total. The number of halogens is 1. The van der Waals surface area contributed by atoms with Crippen molar-refractivity contribution in [3.05, 3.63) is 65.5 Å². The van der Waals surface area contributed by atoms with E-state index in [9.17, 15) is 9.18 Å². The van der Waals surface area contributed by atoms with Crippen LogP contribution in [0.4, 0.5) is 10.1 Å². The van der Waals surface area contributed by atoms with Gasteiger partial charge in [-0.2, -0.15) is 0 Å². The zero-order valence-corrected chi connectivity index (χ0v) is 13.3. The molecule has 0 aromatic heterocycles. The second-order valence-electron chi connectivity index (χ2n) is 6.05. The predicted octanol–water partition coefficient (Wildman–Crippen LogP) is 3.91. The maximum atomic E-state index is 13.6. The normalized spacial score (nSPS) is 18.1. The van der Waals surface area contributed by atoms with Gasteiger partial charge in [-0.05, 0) is 49.6 Å². The number of likely N-dealkylation sites (tertiary alicyclic amines) is 1. The highest BCUT2D eigenvalue weighted by Crippen LogP contribution is 2.31. The molecule has 1 unspecified atom stereocenters. The van der Waals surface area contributed by atoms with Gasteiger partial charge in [0.15, 0.2) is 0 Å². The largest absolute Gasteiger partial charge is 0.325 e. The molecule has 2 aromatic carbocycles. The number of carbonyl (C=O) groups is 1. The summed E-state index contributed by atoms with van der Waals surface area (Å²) in [6.45, 7) is 2.94. The number of aryl methyl sites for hydroxylation is 1. The van der Waals surface area contributed by atoms with Crippen molar-refractivity contribution in [3.63, 3.8) is 0 Å². The van der Waals surface area contributed by atoms with Crippen LogP contribution in [0.1, 0.15) is 30.0 Å². The molecule has 0 spiro atoms. The molecule has 3 nitrogen and oxygen atoms in total. The molecule has 0 aliphatic carbocycles. The fourth-order valence-corrected chi connectivity index (χ4v) is 3.12. The number of anilines is 1. The van der Waals surface area contributed by atoms with Crippen molar-refractivity contribution < 1.29 is 9.18 Å². The first kappa shape index (κ1) is 15.7. The average Bonchev–Trinajstić information content (AvgIpc) is 3.00. The lowest BCUT2D eigenvalue weighted by atomic mass is 10.0. The highest BCUT2D eigenvalue weighted by atomic mass is 19.1. The number of hydrogen-bond acceptors (Lipinski definition) is 2. The van der Waals surface area contributed by atoms with E-state index >= 15 is 0 Å². The molecular weight excluding hydrogens is 291 g/mol. The monoisotopic (exact) mass is 312 g/mol. The number of amides is 1. The van der Waals surface area contributed by atoms with Crippen LogP contribution < -0.4 is 5.32 Å². The van der Waals surface area contributed by atoms with Crippen molar-refractivity contribution in [1.29, 1.82) is 0 Å². The Kier molecular flexibility index (Phi) is 4.72. The minimum absolute atomic E-state index is 0.101. The standard InChI is InChI=1S/C19H21FN2O/c1-14-9-10-16(12-17(14)20)21-19(23)13-22-11-5-8-18(22)15-6-3-2-4-7-15/h2-4,6-7,9-10,12,18H,5,8,11,13H2,1H3,(H,21,23). The number of nitrogens with zero attached hydrogens (tertiary/aromatic N) is 1. The van der Waals surface area contributed by atoms with E-state index < -0.39 is 0 Å². The van der Waals surface area contributed by atoms with Gasteiger partial charge in [0.05, 0.1) is 6.54 Å². The molecule has 1 amide bonds. The number of benzene rings is 2. The summed E-state index contributed by atoms with van der Waals surface area (Å²) in [6.07, 6.45) is 2.16. The summed E-state index contributed by atoms with van der Waals surface area (Å²) < 4.78 is 13.6. The summed E-state index contributed by atoms with van der Waals surface area (Å²) in [6, 6.07) is 15.3. The topological polar surface area (TPSA) is 32.3 Å². The smallest absolute Gasteiger partial charge is 0.238 e. The summed E-state index contributed by atoms with van der Waals surface area (Å²) in [7, 11) is 0. The molecule has 1 atom stereocenters. The Bertz CT molecular complexity index is 687. The first-order valence-corrected chi connectivity index (χ1v) is 7.98. The van der Waals surface area contributed by atoms with Crippen LogP contribution in [0.2, 0.25) is 0 Å². The minimum atomic E-state index is -0.300. The number of hydrogen-bond donors (Lipinski definition) is 1. The lowest BCUT2D eigenvalue weighted by Gasteiger charge is -2.24. The van der Waals surface area contributed by atoms with Gasteiger partial charge in [0, 0.05) is 11.7 Å². The zero-order valence-electron chi connectivity index (χ0n) is 13.3. The van der Waals surface area contributed by atoms with Gasteiger partial charge in [0.1, 0.15) is 5.82 Å². The SMILES string of the molecule is Cc1ccc(NC(=O)CN2CCCC2c2ccccc2)cc1F. The van der Waals surface area contributed by atoms with Crippen LogP contribution in [0.15, 0.2) is 48.5 Å². The van der Waals surface area contributed by atoms with Gasteiger partial charge in [-0.1, -0.05) is 36.4 Å². The number of rotatable bonds is 4. The molecule has 4 heteroatoms. The molecule has 3 rings (SSSR count). The Balaban J connectivity index is 1.64. The first-order chi connectivity index (χ1) is 11.1. The third kappa shape index (κ3) is 3.77. The van der Waals surface area contributed by atoms with E-state index in [1.54, 1.807) is 19.1 Å². The summed E-state index contributed by atoms with van der Waals surface area (Å²) in [5, 5.41) is 2.79. The minimum Gasteiger partial charge on any atom is -0.325 e. The van der Waals surface area contributed by atoms with Crippen LogP contribution in [-0.4, -0.2) is 23.9 Å². The van der Waals surface area contributed by atoms with Gasteiger partial charge in [0.2, 0.25) is 5.91 Å². The second kappa shape index (κ2) is 6.92. The van der Waals surface area contributed by atoms with E-state index in [0.717, 1.165) is 19.4 Å². The summed E-state index contributed by atoms with van der Waals surface area (Å²) in [4.78, 5) is 14.5. The van der Waals surface area contributed by atoms with Crippen molar-refractivity contribution in [2.45, 2.75) is 25.8 Å². The lowest BCUT2D eigenvalue weighted by Crippen LogP contribution is -2.32. The molecule has 23 heavy (non-hydrogen) atoms. The van der Waals surface area contributed by atoms with Crippen molar-refractivity contribution in [2.75, 3.05) is 18.4 Å². The summed E-state index contributed by atoms with van der Waals surface area (Å²) in [5.74, 6) is -0.401. The lowest BCUT2D eigenvalue weighted by molar-refractivity contribution is -0.117. The Morgan fingerprint density at radius 2 is 2.04 bits per heavy atom. The zero-order chi connectivity index (χ0) is 16.2. The maximum Gasteiger partial charge on any atom is 0.238 e. The van der Waals surface area contributed by atoms with Crippen molar-refractivity contribution in [2.24, 2.45) is 0 Å². The van der Waals surface area contributed by atoms with Crippen molar-refractivity contribution >= 4 is 11.6 Å². The molecule has 1 fully saturated rings. The summed E-state index contributed by atoms with van der Waals surface area (Å²) >= 11 is 0. The fraction of sp³-hybridized carbons (Fsp3) is 0.316. The van der Waals surface area contributed by atoms with Gasteiger partial charge in [0.25, 0.3) is 0 Å². The van der Waals surface area contributed by atoms with E-state index in [4.69, 9.17) is 0 Å². The summed E-state index contributed by atoms with van der Waals surface area (Å²) in [5.41, 5.74) is 2.33. The van der Waals surface area contributed by atoms with Gasteiger partial charge < -0.3 is 5.32 Å². The van der Waals surface area contributed by atoms with Gasteiger partial charge >= 0.3 is 0 Å². The van der Waals surface area contributed by atoms with E-state index in [2.05, 4.69) is 22.3 Å². The Hall–Kier alpha value is -2.20. The highest BCUT2D eigenvalue weighted by Gasteiger charge is 2.27. The average molecular weight is 312 g/mol. The molecule has 1 saturated heterocycles. The third-order valence-electron chi connectivity index (χ3n) is 4.35. The van der Waals surface area contributed by atoms with Crippen LogP contribution in [0.3, 0.4) is 0 Å². The van der Waals surface area contributed by atoms with Crippen molar-refractivity contribution in [1.82, 2.24) is 4.90 Å². The molecule has 120 valence electrons. The van der Waals surface area contributed by atoms with E-state index in [-0.39, 0.29) is 17.8 Å². The first-order valence-electron chi connectivity index (χ1n) is 7.98. The Labute approximate surface area is 136 Å². The van der Waals surface area contributed by atoms with Gasteiger partial charge in [-0.25, -0.2) is 4.39 Å². The molecule has 0 saturated carbocycles. The van der Waals surface area contributed by atoms with E-state index in [1.165, 1.54) is 11.6 Å². The fourth-order valence-electron chi connectivity index (χ4n) is 3.12. The van der Waals surface area contributed by atoms with Crippen LogP contribution in [-0.2, 0) is 4.79 Å². The van der Waals surface area contributed by atoms with Crippen molar-refractivity contribution in [3.8, 4) is 0 Å². The highest BCUT2D eigenvalue weighted by molar-refractivity contribution is 5.92. The molecule has 1 aliphatic heterocycles.